The van der Waals surface area contributed by atoms with E-state index >= 15 is 0 Å². The van der Waals surface area contributed by atoms with Gasteiger partial charge in [-0.3, -0.25) is 0 Å². The lowest BCUT2D eigenvalue weighted by molar-refractivity contribution is 0.598. The predicted octanol–water partition coefficient (Wildman–Crippen LogP) is 5.23. The number of sulfonamides is 1. The third-order valence-corrected chi connectivity index (χ3v) is 6.55. The molecule has 0 amide bonds. The largest absolute Gasteiger partial charge is 0.338 e. The number of hydrogen-bond acceptors (Lipinski definition) is 3. The van der Waals surface area contributed by atoms with Crippen molar-refractivity contribution in [2.45, 2.75) is 4.90 Å². The van der Waals surface area contributed by atoms with Gasteiger partial charge in [-0.1, -0.05) is 23.7 Å². The first kappa shape index (κ1) is 17.9. The fourth-order valence-corrected chi connectivity index (χ4v) is 4.21. The number of para-hydroxylation sites is 2. The number of anilines is 1. The van der Waals surface area contributed by atoms with E-state index in [0.29, 0.717) is 20.4 Å². The molecular formula is C19H13Cl2N3O2S. The second-order valence-electron chi connectivity index (χ2n) is 5.82. The number of nitrogens with zero attached hydrogens (tertiary/aromatic N) is 2. The molecule has 0 bridgehead atoms. The van der Waals surface area contributed by atoms with Crippen LogP contribution in [-0.4, -0.2) is 18.4 Å². The van der Waals surface area contributed by atoms with Crippen LogP contribution >= 0.6 is 23.4 Å². The van der Waals surface area contributed by atoms with Crippen LogP contribution in [0.4, 0.5) is 5.69 Å². The number of rotatable bonds is 4. The molecule has 0 radical (unpaired) electrons. The van der Waals surface area contributed by atoms with Crippen molar-refractivity contribution in [2.24, 2.45) is 0 Å². The summed E-state index contributed by atoms with van der Waals surface area (Å²) in [6.07, 6.45) is 0. The van der Waals surface area contributed by atoms with Gasteiger partial charge in [0.15, 0.2) is 0 Å². The number of H-pyrrole nitrogens is 1. The van der Waals surface area contributed by atoms with Crippen molar-refractivity contribution in [1.82, 2.24) is 9.97 Å². The SMILES string of the molecule is O=S(=O)(c1ccc(-c2nc3ccccc3[nH]2)cc1)N(Cl)c1ccc(Cl)cc1. The monoisotopic (exact) mass is 417 g/mol. The van der Waals surface area contributed by atoms with Gasteiger partial charge in [-0.05, 0) is 60.7 Å². The Bertz CT molecular complexity index is 1170. The van der Waals surface area contributed by atoms with Gasteiger partial charge in [-0.15, -0.1) is 0 Å². The van der Waals surface area contributed by atoms with Crippen LogP contribution in [-0.2, 0) is 10.0 Å². The molecule has 0 saturated heterocycles. The standard InChI is InChI=1S/C19H13Cl2N3O2S/c20-14-7-9-15(10-8-14)24(21)27(25,26)16-11-5-13(6-12-16)19-22-17-3-1-2-4-18(17)23-19/h1-12H,(H,22,23). The molecule has 0 aliphatic heterocycles. The van der Waals surface area contributed by atoms with E-state index in [1.54, 1.807) is 24.3 Å². The normalized spacial score (nSPS) is 11.6. The van der Waals surface area contributed by atoms with E-state index in [0.717, 1.165) is 16.6 Å². The van der Waals surface area contributed by atoms with E-state index in [1.807, 2.05) is 24.3 Å². The zero-order valence-corrected chi connectivity index (χ0v) is 16.1. The highest BCUT2D eigenvalue weighted by Gasteiger charge is 2.23. The maximum absolute atomic E-state index is 12.7. The number of halogens is 2. The number of hydrogen-bond donors (Lipinski definition) is 1. The smallest absolute Gasteiger partial charge is 0.278 e. The second-order valence-corrected chi connectivity index (χ2v) is 8.58. The molecule has 1 heterocycles. The molecule has 0 fully saturated rings. The highest BCUT2D eigenvalue weighted by molar-refractivity contribution is 7.94. The number of aromatic amines is 1. The predicted molar refractivity (Wildman–Crippen MR) is 108 cm³/mol. The third-order valence-electron chi connectivity index (χ3n) is 4.06. The number of nitrogens with one attached hydrogen (secondary N) is 1. The minimum atomic E-state index is -3.90. The lowest BCUT2D eigenvalue weighted by Gasteiger charge is -2.16. The van der Waals surface area contributed by atoms with Crippen molar-refractivity contribution in [2.75, 3.05) is 3.82 Å². The summed E-state index contributed by atoms with van der Waals surface area (Å²) in [5, 5.41) is 0.497. The minimum absolute atomic E-state index is 0.0762. The summed E-state index contributed by atoms with van der Waals surface area (Å²) >= 11 is 11.9. The van der Waals surface area contributed by atoms with Crippen molar-refractivity contribution >= 4 is 50.1 Å². The maximum atomic E-state index is 12.7. The van der Waals surface area contributed by atoms with Gasteiger partial charge in [-0.2, -0.15) is 12.2 Å². The molecule has 1 N–H and O–H groups in total. The van der Waals surface area contributed by atoms with Crippen molar-refractivity contribution in [1.29, 1.82) is 0 Å². The van der Waals surface area contributed by atoms with E-state index in [4.69, 9.17) is 23.4 Å². The zero-order valence-electron chi connectivity index (χ0n) is 13.8. The Balaban J connectivity index is 1.65. The van der Waals surface area contributed by atoms with Gasteiger partial charge in [0.2, 0.25) is 0 Å². The quantitative estimate of drug-likeness (QED) is 0.462. The molecule has 5 nitrogen and oxygen atoms in total. The fourth-order valence-electron chi connectivity index (χ4n) is 2.66. The summed E-state index contributed by atoms with van der Waals surface area (Å²) in [6.45, 7) is 0. The highest BCUT2D eigenvalue weighted by atomic mass is 35.5. The summed E-state index contributed by atoms with van der Waals surface area (Å²) in [7, 11) is -3.90. The summed E-state index contributed by atoms with van der Waals surface area (Å²) in [5.74, 6) is 0.667. The first-order valence-electron chi connectivity index (χ1n) is 7.97. The van der Waals surface area contributed by atoms with E-state index in [2.05, 4.69) is 9.97 Å². The Labute approximate surface area is 166 Å². The average molecular weight is 418 g/mol. The molecule has 136 valence electrons. The highest BCUT2D eigenvalue weighted by Crippen LogP contribution is 2.28. The molecule has 0 unspecified atom stereocenters. The van der Waals surface area contributed by atoms with Gasteiger partial charge in [-0.25, -0.2) is 4.98 Å². The van der Waals surface area contributed by atoms with Crippen LogP contribution < -0.4 is 3.82 Å². The molecule has 0 aliphatic rings. The number of aromatic nitrogens is 2. The topological polar surface area (TPSA) is 66.1 Å². The lowest BCUT2D eigenvalue weighted by atomic mass is 10.2. The molecule has 0 atom stereocenters. The molecule has 1 aromatic heterocycles. The van der Waals surface area contributed by atoms with Crippen molar-refractivity contribution in [3.05, 3.63) is 77.8 Å². The minimum Gasteiger partial charge on any atom is -0.338 e. The Morgan fingerprint density at radius 1 is 0.889 bits per heavy atom. The molecule has 0 saturated carbocycles. The van der Waals surface area contributed by atoms with E-state index in [1.165, 1.54) is 24.3 Å². The molecule has 0 spiro atoms. The molecule has 0 aliphatic carbocycles. The summed E-state index contributed by atoms with van der Waals surface area (Å²) < 4.78 is 26.2. The van der Waals surface area contributed by atoms with Crippen LogP contribution in [0.25, 0.3) is 22.4 Å². The van der Waals surface area contributed by atoms with Crippen LogP contribution in [0.1, 0.15) is 0 Å². The van der Waals surface area contributed by atoms with Crippen molar-refractivity contribution < 1.29 is 8.42 Å². The maximum Gasteiger partial charge on any atom is 0.278 e. The Morgan fingerprint density at radius 3 is 2.22 bits per heavy atom. The van der Waals surface area contributed by atoms with Gasteiger partial charge in [0.05, 0.1) is 21.6 Å². The number of imidazole rings is 1. The third kappa shape index (κ3) is 3.39. The molecule has 3 aromatic carbocycles. The Kier molecular flexibility index (Phi) is 4.55. The Hall–Kier alpha value is -2.54. The molecular weight excluding hydrogens is 405 g/mol. The zero-order chi connectivity index (χ0) is 19.0. The summed E-state index contributed by atoms with van der Waals surface area (Å²) in [6, 6.07) is 20.3. The number of fused-ring (bicyclic) bond motifs is 1. The first-order valence-corrected chi connectivity index (χ1v) is 10.1. The van der Waals surface area contributed by atoms with E-state index in [9.17, 15) is 8.42 Å². The van der Waals surface area contributed by atoms with E-state index < -0.39 is 10.0 Å². The van der Waals surface area contributed by atoms with Crippen LogP contribution in [0.2, 0.25) is 5.02 Å². The van der Waals surface area contributed by atoms with Gasteiger partial charge < -0.3 is 4.98 Å². The summed E-state index contributed by atoms with van der Waals surface area (Å²) in [4.78, 5) is 7.80. The Morgan fingerprint density at radius 2 is 1.56 bits per heavy atom. The van der Waals surface area contributed by atoms with Gasteiger partial charge in [0, 0.05) is 22.4 Å². The van der Waals surface area contributed by atoms with Crippen LogP contribution in [0.15, 0.2) is 77.7 Å². The molecule has 4 aromatic rings. The average Bonchev–Trinajstić information content (AvgIpc) is 3.12. The summed E-state index contributed by atoms with van der Waals surface area (Å²) in [5.41, 5.74) is 2.85. The van der Waals surface area contributed by atoms with Gasteiger partial charge in [0.1, 0.15) is 5.82 Å². The van der Waals surface area contributed by atoms with E-state index in [-0.39, 0.29) is 4.90 Å². The molecule has 8 heteroatoms. The molecule has 4 rings (SSSR count). The van der Waals surface area contributed by atoms with Crippen LogP contribution in [0.5, 0.6) is 0 Å². The first-order chi connectivity index (χ1) is 12.9. The second kappa shape index (κ2) is 6.88. The molecule has 27 heavy (non-hydrogen) atoms. The van der Waals surface area contributed by atoms with Crippen LogP contribution in [0.3, 0.4) is 0 Å². The van der Waals surface area contributed by atoms with Crippen LogP contribution in [0, 0.1) is 0 Å². The number of benzene rings is 3. The van der Waals surface area contributed by atoms with Gasteiger partial charge in [0.25, 0.3) is 10.0 Å². The van der Waals surface area contributed by atoms with Crippen molar-refractivity contribution in [3.8, 4) is 11.4 Å². The lowest BCUT2D eigenvalue weighted by Crippen LogP contribution is -2.21. The fraction of sp³-hybridized carbons (Fsp3) is 0. The van der Waals surface area contributed by atoms with Crippen molar-refractivity contribution in [3.63, 3.8) is 0 Å². The van der Waals surface area contributed by atoms with Gasteiger partial charge >= 0.3 is 0 Å².